The fraction of sp³-hybridized carbons (Fsp3) is 0.417. The Hall–Kier alpha value is -2.47. The number of carboxylic acids is 1. The van der Waals surface area contributed by atoms with Gasteiger partial charge in [0.15, 0.2) is 0 Å². The summed E-state index contributed by atoms with van der Waals surface area (Å²) in [6.07, 6.45) is 0.726. The van der Waals surface area contributed by atoms with Crippen molar-refractivity contribution in [3.05, 3.63) is 71.8 Å². The van der Waals surface area contributed by atoms with Crippen LogP contribution in [-0.2, 0) is 17.0 Å². The Morgan fingerprint density at radius 2 is 1.53 bits per heavy atom. The van der Waals surface area contributed by atoms with Gasteiger partial charge in [-0.1, -0.05) is 74.5 Å². The van der Waals surface area contributed by atoms with E-state index < -0.39 is 12.0 Å². The van der Waals surface area contributed by atoms with Crippen molar-refractivity contribution in [2.45, 2.75) is 44.2 Å². The van der Waals surface area contributed by atoms with Crippen LogP contribution in [0.25, 0.3) is 0 Å². The van der Waals surface area contributed by atoms with E-state index in [4.69, 9.17) is 5.11 Å². The molecule has 0 fully saturated rings. The summed E-state index contributed by atoms with van der Waals surface area (Å²) in [5.74, 6) is 0.219. The number of carbonyl (C=O) groups is 2. The lowest BCUT2D eigenvalue weighted by molar-refractivity contribution is -0.138. The summed E-state index contributed by atoms with van der Waals surface area (Å²) in [4.78, 5) is 25.8. The Morgan fingerprint density at radius 1 is 0.967 bits per heavy atom. The van der Waals surface area contributed by atoms with Crippen molar-refractivity contribution in [3.8, 4) is 0 Å². The maximum Gasteiger partial charge on any atom is 0.325 e. The minimum atomic E-state index is -1.04. The predicted molar refractivity (Wildman–Crippen MR) is 124 cm³/mol. The van der Waals surface area contributed by atoms with Crippen LogP contribution in [0.15, 0.2) is 60.7 Å². The van der Waals surface area contributed by atoms with Crippen molar-refractivity contribution in [2.24, 2.45) is 5.92 Å². The van der Waals surface area contributed by atoms with Crippen LogP contribution >= 0.6 is 11.8 Å². The Labute approximate surface area is 183 Å². The van der Waals surface area contributed by atoms with E-state index in [0.717, 1.165) is 17.7 Å². The molecule has 2 atom stereocenters. The summed E-state index contributed by atoms with van der Waals surface area (Å²) in [6, 6.07) is 19.1. The summed E-state index contributed by atoms with van der Waals surface area (Å²) in [5, 5.41) is 12.0. The van der Waals surface area contributed by atoms with Gasteiger partial charge in [0.05, 0.1) is 0 Å². The zero-order valence-electron chi connectivity index (χ0n) is 18.0. The second-order valence-electron chi connectivity index (χ2n) is 7.77. The molecular weight excluding hydrogens is 396 g/mol. The average molecular weight is 429 g/mol. The van der Waals surface area contributed by atoms with E-state index in [9.17, 15) is 9.59 Å². The molecule has 2 rings (SSSR count). The molecule has 30 heavy (non-hydrogen) atoms. The van der Waals surface area contributed by atoms with E-state index in [0.29, 0.717) is 19.0 Å². The molecule has 2 amide bonds. The monoisotopic (exact) mass is 428 g/mol. The van der Waals surface area contributed by atoms with Crippen molar-refractivity contribution >= 4 is 23.8 Å². The van der Waals surface area contributed by atoms with Gasteiger partial charge in [0.25, 0.3) is 0 Å². The molecule has 0 unspecified atom stereocenters. The van der Waals surface area contributed by atoms with Gasteiger partial charge in [0.2, 0.25) is 0 Å². The zero-order valence-corrected chi connectivity index (χ0v) is 18.8. The molecule has 2 aromatic rings. The van der Waals surface area contributed by atoms with Crippen LogP contribution in [0.3, 0.4) is 0 Å². The highest BCUT2D eigenvalue weighted by Crippen LogP contribution is 2.25. The third kappa shape index (κ3) is 8.11. The molecule has 0 heterocycles. The van der Waals surface area contributed by atoms with E-state index in [1.54, 1.807) is 4.90 Å². The third-order valence-electron chi connectivity index (χ3n) is 4.96. The number of hydrogen-bond donors (Lipinski definition) is 2. The van der Waals surface area contributed by atoms with E-state index in [1.165, 1.54) is 12.5 Å². The van der Waals surface area contributed by atoms with E-state index in [1.807, 2.05) is 60.3 Å². The minimum absolute atomic E-state index is 0.242. The quantitative estimate of drug-likeness (QED) is 0.546. The third-order valence-corrected chi connectivity index (χ3v) is 6.58. The van der Waals surface area contributed by atoms with Crippen molar-refractivity contribution in [3.63, 3.8) is 0 Å². The van der Waals surface area contributed by atoms with Gasteiger partial charge in [-0.2, -0.15) is 11.8 Å². The van der Waals surface area contributed by atoms with Crippen LogP contribution in [0.2, 0.25) is 0 Å². The van der Waals surface area contributed by atoms with E-state index in [2.05, 4.69) is 31.3 Å². The van der Waals surface area contributed by atoms with Gasteiger partial charge in [-0.3, -0.25) is 4.79 Å². The molecule has 0 aliphatic carbocycles. The van der Waals surface area contributed by atoms with E-state index >= 15 is 0 Å². The Kier molecular flexibility index (Phi) is 9.74. The Balaban J connectivity index is 2.06. The summed E-state index contributed by atoms with van der Waals surface area (Å²) >= 11 is 1.84. The molecular formula is C24H32N2O3S. The van der Waals surface area contributed by atoms with Crippen LogP contribution in [0.5, 0.6) is 0 Å². The molecule has 0 saturated carbocycles. The second-order valence-corrected chi connectivity index (χ2v) is 9.00. The van der Waals surface area contributed by atoms with Crippen molar-refractivity contribution in [1.82, 2.24) is 10.2 Å². The first-order valence-electron chi connectivity index (χ1n) is 10.3. The highest BCUT2D eigenvalue weighted by molar-refractivity contribution is 7.99. The molecule has 0 spiro atoms. The highest BCUT2D eigenvalue weighted by Gasteiger charge is 2.24. The normalized spacial score (nSPS) is 12.9. The minimum Gasteiger partial charge on any atom is -0.480 e. The average Bonchev–Trinajstić information content (AvgIpc) is 2.74. The summed E-state index contributed by atoms with van der Waals surface area (Å²) in [5.41, 5.74) is 2.41. The molecule has 2 N–H and O–H groups in total. The topological polar surface area (TPSA) is 69.6 Å². The maximum atomic E-state index is 12.9. The lowest BCUT2D eigenvalue weighted by Gasteiger charge is -2.30. The number of urea groups is 1. The lowest BCUT2D eigenvalue weighted by atomic mass is 10.1. The van der Waals surface area contributed by atoms with Gasteiger partial charge in [-0.05, 0) is 30.4 Å². The number of amides is 2. The first kappa shape index (κ1) is 23.8. The first-order chi connectivity index (χ1) is 14.4. The molecule has 0 saturated heterocycles. The lowest BCUT2D eigenvalue weighted by Crippen LogP contribution is -2.49. The van der Waals surface area contributed by atoms with Crippen LogP contribution in [0.1, 0.15) is 31.9 Å². The van der Waals surface area contributed by atoms with Gasteiger partial charge in [-0.25, -0.2) is 4.79 Å². The van der Waals surface area contributed by atoms with Crippen LogP contribution in [0, 0.1) is 5.92 Å². The van der Waals surface area contributed by atoms with Crippen molar-refractivity contribution < 1.29 is 14.7 Å². The Bertz CT molecular complexity index is 784. The van der Waals surface area contributed by atoms with Gasteiger partial charge < -0.3 is 15.3 Å². The Morgan fingerprint density at radius 3 is 2.07 bits per heavy atom. The molecule has 0 bridgehead atoms. The number of benzene rings is 2. The number of thioether (sulfide) groups is 1. The number of nitrogens with zero attached hydrogens (tertiary/aromatic N) is 1. The largest absolute Gasteiger partial charge is 0.480 e. The van der Waals surface area contributed by atoms with E-state index in [-0.39, 0.29) is 11.3 Å². The van der Waals surface area contributed by atoms with Gasteiger partial charge in [0, 0.05) is 24.1 Å². The van der Waals surface area contributed by atoms with Gasteiger partial charge in [0.1, 0.15) is 6.04 Å². The summed E-state index contributed by atoms with van der Waals surface area (Å²) in [6.45, 7) is 6.92. The number of carbonyl (C=O) groups excluding carboxylic acids is 1. The standard InChI is InChI=1S/C24H32N2O3S/c1-18(2)22(30-17-21-12-8-5-9-13-21)16-26(24(29)25-19(3)23(27)28)15-14-20-10-6-4-7-11-20/h4-13,18-19,22H,14-17H2,1-3H3,(H,25,29)(H,27,28)/t19-,22+/m0/s1. The fourth-order valence-corrected chi connectivity index (χ4v) is 4.24. The van der Waals surface area contributed by atoms with Gasteiger partial charge >= 0.3 is 12.0 Å². The molecule has 5 nitrogen and oxygen atoms in total. The molecule has 0 radical (unpaired) electrons. The van der Waals surface area contributed by atoms with Crippen LogP contribution in [-0.4, -0.2) is 46.4 Å². The highest BCUT2D eigenvalue weighted by atomic mass is 32.2. The first-order valence-corrected chi connectivity index (χ1v) is 11.4. The molecule has 0 aromatic heterocycles. The molecule has 6 heteroatoms. The number of rotatable bonds is 11. The van der Waals surface area contributed by atoms with Crippen molar-refractivity contribution in [2.75, 3.05) is 13.1 Å². The number of aliphatic carboxylic acids is 1. The molecule has 162 valence electrons. The molecule has 0 aliphatic rings. The van der Waals surface area contributed by atoms with Crippen LogP contribution in [0.4, 0.5) is 4.79 Å². The molecule has 0 aliphatic heterocycles. The van der Waals surface area contributed by atoms with Crippen molar-refractivity contribution in [1.29, 1.82) is 0 Å². The number of hydrogen-bond acceptors (Lipinski definition) is 3. The zero-order chi connectivity index (χ0) is 21.9. The predicted octanol–water partition coefficient (Wildman–Crippen LogP) is 4.67. The van der Waals surface area contributed by atoms with Gasteiger partial charge in [-0.15, -0.1) is 0 Å². The number of nitrogens with one attached hydrogen (secondary N) is 1. The number of carboxylic acid groups (broad SMARTS) is 1. The second kappa shape index (κ2) is 12.3. The SMILES string of the molecule is CC(C)[C@@H](CN(CCc1ccccc1)C(=O)N[C@@H](C)C(=O)O)SCc1ccccc1. The summed E-state index contributed by atoms with van der Waals surface area (Å²) in [7, 11) is 0. The van der Waals surface area contributed by atoms with Crippen LogP contribution < -0.4 is 5.32 Å². The smallest absolute Gasteiger partial charge is 0.325 e. The summed E-state index contributed by atoms with van der Waals surface area (Å²) < 4.78 is 0. The fourth-order valence-electron chi connectivity index (χ4n) is 2.97. The molecule has 2 aromatic carbocycles. The maximum absolute atomic E-state index is 12.9.